The fourth-order valence-corrected chi connectivity index (χ4v) is 3.19. The molecule has 1 N–H and O–H groups in total. The molecule has 0 bridgehead atoms. The molecule has 2 aromatic rings. The molecule has 1 saturated heterocycles. The van der Waals surface area contributed by atoms with Crippen LogP contribution in [0.1, 0.15) is 11.1 Å². The molecule has 2 amide bonds. The van der Waals surface area contributed by atoms with Crippen molar-refractivity contribution < 1.29 is 14.3 Å². The normalized spacial score (nSPS) is 13.6. The molecule has 2 aromatic carbocycles. The van der Waals surface area contributed by atoms with Crippen molar-refractivity contribution in [1.29, 1.82) is 5.26 Å². The summed E-state index contributed by atoms with van der Waals surface area (Å²) in [5.41, 5.74) is 2.67. The van der Waals surface area contributed by atoms with Gasteiger partial charge in [0.2, 0.25) is 0 Å². The van der Waals surface area contributed by atoms with Crippen LogP contribution in [-0.2, 0) is 6.54 Å². The van der Waals surface area contributed by atoms with Crippen molar-refractivity contribution in [2.45, 2.75) is 6.54 Å². The Morgan fingerprint density at radius 1 is 1.04 bits per heavy atom. The lowest BCUT2D eigenvalue weighted by Gasteiger charge is -2.36. The molecule has 0 radical (unpaired) electrons. The minimum atomic E-state index is -0.0748. The molecule has 0 aromatic heterocycles. The Morgan fingerprint density at radius 3 is 2.32 bits per heavy atom. The van der Waals surface area contributed by atoms with Gasteiger partial charge in [-0.25, -0.2) is 4.79 Å². The second-order valence-electron chi connectivity index (χ2n) is 6.48. The first-order valence-electron chi connectivity index (χ1n) is 9.13. The number of amides is 2. The van der Waals surface area contributed by atoms with Gasteiger partial charge < -0.3 is 24.6 Å². The van der Waals surface area contributed by atoms with E-state index in [0.29, 0.717) is 36.7 Å². The number of methoxy groups -OCH3 is 2. The number of nitrogens with one attached hydrogen (secondary N) is 1. The van der Waals surface area contributed by atoms with Crippen molar-refractivity contribution in [3.63, 3.8) is 0 Å². The van der Waals surface area contributed by atoms with E-state index in [1.807, 2.05) is 47.4 Å². The Morgan fingerprint density at radius 2 is 1.71 bits per heavy atom. The Kier molecular flexibility index (Phi) is 6.22. The summed E-state index contributed by atoms with van der Waals surface area (Å²) >= 11 is 0. The van der Waals surface area contributed by atoms with Crippen molar-refractivity contribution in [3.8, 4) is 17.6 Å². The number of hydrogen-bond acceptors (Lipinski definition) is 5. The van der Waals surface area contributed by atoms with Crippen molar-refractivity contribution in [2.75, 3.05) is 45.3 Å². The third-order valence-electron chi connectivity index (χ3n) is 4.82. The molecule has 1 aliphatic rings. The zero-order chi connectivity index (χ0) is 19.9. The first kappa shape index (κ1) is 19.4. The number of rotatable bonds is 5. The molecule has 0 spiro atoms. The monoisotopic (exact) mass is 380 g/mol. The zero-order valence-electron chi connectivity index (χ0n) is 16.1. The van der Waals surface area contributed by atoms with E-state index in [0.717, 1.165) is 24.3 Å². The summed E-state index contributed by atoms with van der Waals surface area (Å²) < 4.78 is 10.5. The average Bonchev–Trinajstić information content (AvgIpc) is 2.77. The molecule has 1 heterocycles. The third kappa shape index (κ3) is 4.46. The summed E-state index contributed by atoms with van der Waals surface area (Å²) in [5, 5.41) is 11.9. The number of hydrogen-bond donors (Lipinski definition) is 1. The van der Waals surface area contributed by atoms with Crippen molar-refractivity contribution >= 4 is 11.7 Å². The van der Waals surface area contributed by atoms with Crippen LogP contribution in [0.2, 0.25) is 0 Å². The van der Waals surface area contributed by atoms with Crippen molar-refractivity contribution in [2.24, 2.45) is 0 Å². The van der Waals surface area contributed by atoms with Gasteiger partial charge in [0.1, 0.15) is 0 Å². The van der Waals surface area contributed by atoms with E-state index in [1.54, 1.807) is 14.2 Å². The number of piperazine rings is 1. The van der Waals surface area contributed by atoms with Crippen LogP contribution in [0.3, 0.4) is 0 Å². The first-order valence-corrected chi connectivity index (χ1v) is 9.13. The molecule has 146 valence electrons. The Balaban J connectivity index is 1.50. The number of nitriles is 1. The second kappa shape index (κ2) is 9.00. The Bertz CT molecular complexity index is 853. The molecule has 3 rings (SSSR count). The van der Waals surface area contributed by atoms with Gasteiger partial charge >= 0.3 is 6.03 Å². The molecule has 7 nitrogen and oxygen atoms in total. The first-order chi connectivity index (χ1) is 13.6. The Labute approximate surface area is 165 Å². The standard InChI is InChI=1S/C21H24N4O3/c1-27-19-8-5-17(13-20(19)28-2)15-23-21(26)25-11-9-24(10-12-25)18-6-3-16(14-22)4-7-18/h3-8,13H,9-12,15H2,1-2H3,(H,23,26). The molecule has 0 atom stereocenters. The number of nitrogens with zero attached hydrogens (tertiary/aromatic N) is 3. The fourth-order valence-electron chi connectivity index (χ4n) is 3.19. The second-order valence-corrected chi connectivity index (χ2v) is 6.48. The molecule has 1 aliphatic heterocycles. The summed E-state index contributed by atoms with van der Waals surface area (Å²) in [4.78, 5) is 16.5. The summed E-state index contributed by atoms with van der Waals surface area (Å²) in [6.07, 6.45) is 0. The molecule has 28 heavy (non-hydrogen) atoms. The molecular weight excluding hydrogens is 356 g/mol. The van der Waals surface area contributed by atoms with E-state index >= 15 is 0 Å². The van der Waals surface area contributed by atoms with Crippen LogP contribution in [0, 0.1) is 11.3 Å². The Hall–Kier alpha value is -3.40. The lowest BCUT2D eigenvalue weighted by Crippen LogP contribution is -2.51. The van der Waals surface area contributed by atoms with Gasteiger partial charge in [0, 0.05) is 38.4 Å². The number of urea groups is 1. The largest absolute Gasteiger partial charge is 0.493 e. The van der Waals surface area contributed by atoms with Gasteiger partial charge in [0.25, 0.3) is 0 Å². The van der Waals surface area contributed by atoms with Gasteiger partial charge in [-0.15, -0.1) is 0 Å². The molecule has 0 unspecified atom stereocenters. The number of benzene rings is 2. The van der Waals surface area contributed by atoms with Gasteiger partial charge in [-0.3, -0.25) is 0 Å². The summed E-state index contributed by atoms with van der Waals surface area (Å²) in [6, 6.07) is 15.2. The fraction of sp³-hybridized carbons (Fsp3) is 0.333. The number of anilines is 1. The van der Waals surface area contributed by atoms with Gasteiger partial charge in [0.05, 0.1) is 25.9 Å². The lowest BCUT2D eigenvalue weighted by atomic mass is 10.2. The highest BCUT2D eigenvalue weighted by molar-refractivity contribution is 5.74. The highest BCUT2D eigenvalue weighted by atomic mass is 16.5. The minimum absolute atomic E-state index is 0.0748. The highest BCUT2D eigenvalue weighted by Crippen LogP contribution is 2.27. The SMILES string of the molecule is COc1ccc(CNC(=O)N2CCN(c3ccc(C#N)cc3)CC2)cc1OC. The maximum atomic E-state index is 12.5. The van der Waals surface area contributed by atoms with E-state index in [-0.39, 0.29) is 6.03 Å². The maximum absolute atomic E-state index is 12.5. The van der Waals surface area contributed by atoms with Crippen LogP contribution in [0.25, 0.3) is 0 Å². The number of ether oxygens (including phenoxy) is 2. The summed E-state index contributed by atoms with van der Waals surface area (Å²) in [7, 11) is 3.18. The van der Waals surface area contributed by atoms with Gasteiger partial charge in [0.15, 0.2) is 11.5 Å². The third-order valence-corrected chi connectivity index (χ3v) is 4.82. The van der Waals surface area contributed by atoms with Gasteiger partial charge in [-0.05, 0) is 42.0 Å². The predicted octanol–water partition coefficient (Wildman–Crippen LogP) is 2.61. The van der Waals surface area contributed by atoms with E-state index in [9.17, 15) is 4.79 Å². The topological polar surface area (TPSA) is 77.8 Å². The van der Waals surface area contributed by atoms with Crippen LogP contribution < -0.4 is 19.7 Å². The molecule has 0 saturated carbocycles. The van der Waals surface area contributed by atoms with E-state index < -0.39 is 0 Å². The minimum Gasteiger partial charge on any atom is -0.493 e. The van der Waals surface area contributed by atoms with Crippen LogP contribution in [0.4, 0.5) is 10.5 Å². The smallest absolute Gasteiger partial charge is 0.317 e. The zero-order valence-corrected chi connectivity index (χ0v) is 16.1. The van der Waals surface area contributed by atoms with E-state index in [1.165, 1.54) is 0 Å². The summed E-state index contributed by atoms with van der Waals surface area (Å²) in [5.74, 6) is 1.31. The van der Waals surface area contributed by atoms with Gasteiger partial charge in [-0.1, -0.05) is 6.07 Å². The average molecular weight is 380 g/mol. The van der Waals surface area contributed by atoms with Crippen molar-refractivity contribution in [1.82, 2.24) is 10.2 Å². The number of carbonyl (C=O) groups is 1. The lowest BCUT2D eigenvalue weighted by molar-refractivity contribution is 0.194. The molecule has 0 aliphatic carbocycles. The molecule has 1 fully saturated rings. The quantitative estimate of drug-likeness (QED) is 0.863. The maximum Gasteiger partial charge on any atom is 0.317 e. The van der Waals surface area contributed by atoms with Crippen LogP contribution >= 0.6 is 0 Å². The van der Waals surface area contributed by atoms with E-state index in [2.05, 4.69) is 16.3 Å². The number of carbonyl (C=O) groups excluding carboxylic acids is 1. The predicted molar refractivity (Wildman–Crippen MR) is 107 cm³/mol. The molecule has 7 heteroatoms. The van der Waals surface area contributed by atoms with Crippen LogP contribution in [0.15, 0.2) is 42.5 Å². The van der Waals surface area contributed by atoms with Crippen molar-refractivity contribution in [3.05, 3.63) is 53.6 Å². The van der Waals surface area contributed by atoms with E-state index in [4.69, 9.17) is 14.7 Å². The highest BCUT2D eigenvalue weighted by Gasteiger charge is 2.21. The van der Waals surface area contributed by atoms with Gasteiger partial charge in [-0.2, -0.15) is 5.26 Å². The van der Waals surface area contributed by atoms with Crippen LogP contribution in [-0.4, -0.2) is 51.3 Å². The van der Waals surface area contributed by atoms with Crippen LogP contribution in [0.5, 0.6) is 11.5 Å². The summed E-state index contributed by atoms with van der Waals surface area (Å²) in [6.45, 7) is 3.25. The molecular formula is C21H24N4O3.